The van der Waals surface area contributed by atoms with Crippen molar-refractivity contribution in [2.75, 3.05) is 6.54 Å². The molecule has 0 aromatic carbocycles. The number of nitrogens with zero attached hydrogens (tertiary/aromatic N) is 4. The molecule has 1 N–H and O–H groups in total. The Bertz CT molecular complexity index is 463. The van der Waals surface area contributed by atoms with Gasteiger partial charge in [0, 0.05) is 12.4 Å². The molecule has 6 heteroatoms. The van der Waals surface area contributed by atoms with Crippen LogP contribution in [0.4, 0.5) is 0 Å². The first-order valence-corrected chi connectivity index (χ1v) is 5.28. The molecule has 3 heterocycles. The van der Waals surface area contributed by atoms with E-state index in [1.54, 1.807) is 18.5 Å². The lowest BCUT2D eigenvalue weighted by molar-refractivity contribution is 0.344. The van der Waals surface area contributed by atoms with Gasteiger partial charge in [-0.05, 0) is 25.5 Å². The van der Waals surface area contributed by atoms with Gasteiger partial charge >= 0.3 is 0 Å². The van der Waals surface area contributed by atoms with Crippen LogP contribution >= 0.6 is 0 Å². The van der Waals surface area contributed by atoms with Gasteiger partial charge in [-0.1, -0.05) is 5.16 Å². The molecule has 0 amide bonds. The molecule has 1 atom stereocenters. The number of aromatic nitrogens is 4. The van der Waals surface area contributed by atoms with Gasteiger partial charge in [-0.2, -0.15) is 4.98 Å². The van der Waals surface area contributed by atoms with Crippen molar-refractivity contribution >= 4 is 0 Å². The van der Waals surface area contributed by atoms with Crippen molar-refractivity contribution in [2.24, 2.45) is 0 Å². The molecule has 0 bridgehead atoms. The summed E-state index contributed by atoms with van der Waals surface area (Å²) in [5, 5.41) is 7.18. The zero-order valence-electron chi connectivity index (χ0n) is 8.63. The number of rotatable bonds is 2. The van der Waals surface area contributed by atoms with Gasteiger partial charge in [0.15, 0.2) is 0 Å². The van der Waals surface area contributed by atoms with Crippen LogP contribution in [0.25, 0.3) is 11.6 Å². The standard InChI is InChI=1S/C10H11N5O/c1-3-7(11-4-1)10-14-9(15-16-10)8-12-5-2-6-13-8/h2,5-7,11H,1,3-4H2/t7-/m0/s1. The van der Waals surface area contributed by atoms with Gasteiger partial charge < -0.3 is 9.84 Å². The number of nitrogens with one attached hydrogen (secondary N) is 1. The molecule has 0 radical (unpaired) electrons. The highest BCUT2D eigenvalue weighted by atomic mass is 16.5. The largest absolute Gasteiger partial charge is 0.337 e. The third kappa shape index (κ3) is 1.67. The van der Waals surface area contributed by atoms with Gasteiger partial charge in [0.1, 0.15) is 0 Å². The summed E-state index contributed by atoms with van der Waals surface area (Å²) in [6.07, 6.45) is 5.50. The fourth-order valence-corrected chi connectivity index (χ4v) is 1.78. The molecule has 0 unspecified atom stereocenters. The average Bonchev–Trinajstić information content (AvgIpc) is 3.01. The van der Waals surface area contributed by atoms with Crippen LogP contribution in [0.15, 0.2) is 23.0 Å². The lowest BCUT2D eigenvalue weighted by Gasteiger charge is -2.01. The smallest absolute Gasteiger partial charge is 0.244 e. The Morgan fingerprint density at radius 1 is 1.25 bits per heavy atom. The Labute approximate surface area is 92.1 Å². The summed E-state index contributed by atoms with van der Waals surface area (Å²) >= 11 is 0. The van der Waals surface area contributed by atoms with E-state index in [9.17, 15) is 0 Å². The quantitative estimate of drug-likeness (QED) is 0.807. The topological polar surface area (TPSA) is 76.7 Å². The maximum Gasteiger partial charge on any atom is 0.244 e. The molecule has 1 aliphatic rings. The second kappa shape index (κ2) is 3.97. The Morgan fingerprint density at radius 3 is 2.88 bits per heavy atom. The zero-order chi connectivity index (χ0) is 10.8. The predicted molar refractivity (Wildman–Crippen MR) is 55.3 cm³/mol. The SMILES string of the molecule is c1cnc(-c2noc([C@@H]3CCCN3)n2)nc1. The molecule has 0 saturated carbocycles. The zero-order valence-corrected chi connectivity index (χ0v) is 8.63. The highest BCUT2D eigenvalue weighted by Gasteiger charge is 2.23. The molecule has 1 aliphatic heterocycles. The summed E-state index contributed by atoms with van der Waals surface area (Å²) in [6, 6.07) is 1.94. The van der Waals surface area contributed by atoms with Gasteiger partial charge in [0.2, 0.25) is 17.5 Å². The van der Waals surface area contributed by atoms with E-state index < -0.39 is 0 Å². The third-order valence-electron chi connectivity index (χ3n) is 2.57. The fourth-order valence-electron chi connectivity index (χ4n) is 1.78. The highest BCUT2D eigenvalue weighted by Crippen LogP contribution is 2.22. The minimum atomic E-state index is 0.185. The van der Waals surface area contributed by atoms with E-state index in [1.165, 1.54) is 0 Å². The first-order chi connectivity index (χ1) is 7.93. The maximum atomic E-state index is 5.20. The molecule has 2 aromatic heterocycles. The van der Waals surface area contributed by atoms with Crippen LogP contribution in [0, 0.1) is 0 Å². The van der Waals surface area contributed by atoms with E-state index in [4.69, 9.17) is 4.52 Å². The summed E-state index contributed by atoms with van der Waals surface area (Å²) in [4.78, 5) is 12.4. The van der Waals surface area contributed by atoms with Crippen molar-refractivity contribution in [2.45, 2.75) is 18.9 Å². The van der Waals surface area contributed by atoms with E-state index in [-0.39, 0.29) is 6.04 Å². The summed E-state index contributed by atoms with van der Waals surface area (Å²) in [6.45, 7) is 1.00. The van der Waals surface area contributed by atoms with Crippen LogP contribution in [0.5, 0.6) is 0 Å². The Morgan fingerprint density at radius 2 is 2.12 bits per heavy atom. The third-order valence-corrected chi connectivity index (χ3v) is 2.57. The van der Waals surface area contributed by atoms with Gasteiger partial charge in [-0.3, -0.25) is 0 Å². The van der Waals surface area contributed by atoms with Crippen LogP contribution < -0.4 is 5.32 Å². The predicted octanol–water partition coefficient (Wildman–Crippen LogP) is 0.951. The molecular formula is C10H11N5O. The normalized spacial score (nSPS) is 20.1. The fraction of sp³-hybridized carbons (Fsp3) is 0.400. The molecule has 1 fully saturated rings. The minimum absolute atomic E-state index is 0.185. The summed E-state index contributed by atoms with van der Waals surface area (Å²) in [7, 11) is 0. The van der Waals surface area contributed by atoms with Crippen molar-refractivity contribution in [3.63, 3.8) is 0 Å². The van der Waals surface area contributed by atoms with Gasteiger partial charge in [0.25, 0.3) is 0 Å². The Hall–Kier alpha value is -1.82. The van der Waals surface area contributed by atoms with Crippen molar-refractivity contribution < 1.29 is 4.52 Å². The molecular weight excluding hydrogens is 206 g/mol. The van der Waals surface area contributed by atoms with Crippen LogP contribution in [-0.2, 0) is 0 Å². The monoisotopic (exact) mass is 217 g/mol. The molecule has 6 nitrogen and oxygen atoms in total. The molecule has 82 valence electrons. The summed E-state index contributed by atoms with van der Waals surface area (Å²) in [5.74, 6) is 1.57. The van der Waals surface area contributed by atoms with Crippen molar-refractivity contribution in [1.29, 1.82) is 0 Å². The Balaban J connectivity index is 1.87. The van der Waals surface area contributed by atoms with Crippen LogP contribution in [0.2, 0.25) is 0 Å². The van der Waals surface area contributed by atoms with E-state index >= 15 is 0 Å². The molecule has 2 aromatic rings. The van der Waals surface area contributed by atoms with Crippen molar-refractivity contribution in [3.8, 4) is 11.6 Å². The first kappa shape index (κ1) is 9.41. The lowest BCUT2D eigenvalue weighted by Crippen LogP contribution is -2.13. The summed E-state index contributed by atoms with van der Waals surface area (Å²) in [5.41, 5.74) is 0. The Kier molecular flexibility index (Phi) is 2.34. The lowest BCUT2D eigenvalue weighted by atomic mass is 10.2. The van der Waals surface area contributed by atoms with Crippen molar-refractivity contribution in [3.05, 3.63) is 24.4 Å². The molecule has 0 aliphatic carbocycles. The van der Waals surface area contributed by atoms with Gasteiger partial charge in [-0.25, -0.2) is 9.97 Å². The number of hydrogen-bond acceptors (Lipinski definition) is 6. The maximum absolute atomic E-state index is 5.20. The second-order valence-electron chi connectivity index (χ2n) is 3.68. The highest BCUT2D eigenvalue weighted by molar-refractivity contribution is 5.40. The van der Waals surface area contributed by atoms with Crippen LogP contribution in [0.3, 0.4) is 0 Å². The molecule has 0 spiro atoms. The number of hydrogen-bond donors (Lipinski definition) is 1. The summed E-state index contributed by atoms with van der Waals surface area (Å²) < 4.78 is 5.20. The van der Waals surface area contributed by atoms with Crippen LogP contribution in [0.1, 0.15) is 24.8 Å². The van der Waals surface area contributed by atoms with E-state index in [2.05, 4.69) is 25.4 Å². The van der Waals surface area contributed by atoms with Gasteiger partial charge in [0.05, 0.1) is 6.04 Å². The van der Waals surface area contributed by atoms with E-state index in [0.717, 1.165) is 19.4 Å². The van der Waals surface area contributed by atoms with Gasteiger partial charge in [-0.15, -0.1) is 0 Å². The molecule has 16 heavy (non-hydrogen) atoms. The first-order valence-electron chi connectivity index (χ1n) is 5.28. The minimum Gasteiger partial charge on any atom is -0.337 e. The average molecular weight is 217 g/mol. The van der Waals surface area contributed by atoms with E-state index in [0.29, 0.717) is 17.5 Å². The van der Waals surface area contributed by atoms with Crippen molar-refractivity contribution in [1.82, 2.24) is 25.4 Å². The van der Waals surface area contributed by atoms with E-state index in [1.807, 2.05) is 0 Å². The van der Waals surface area contributed by atoms with Crippen LogP contribution in [-0.4, -0.2) is 26.7 Å². The molecule has 1 saturated heterocycles. The second-order valence-corrected chi connectivity index (χ2v) is 3.68. The molecule has 3 rings (SSSR count).